The molecular formula is C12H15N. The molecule has 0 atom stereocenters. The zero-order valence-electron chi connectivity index (χ0n) is 8.25. The summed E-state index contributed by atoms with van der Waals surface area (Å²) in [5.74, 6) is 0. The number of allylic oxidation sites excluding steroid dienone is 5. The predicted molar refractivity (Wildman–Crippen MR) is 59.2 cm³/mol. The first-order valence-electron chi connectivity index (χ1n) is 4.41. The lowest BCUT2D eigenvalue weighted by atomic mass is 10.1. The SMILES string of the molecule is C=C/C(C)=C\C=C(/C)C1=CC=NC1. The van der Waals surface area contributed by atoms with Crippen molar-refractivity contribution >= 4 is 6.21 Å². The molecule has 0 aliphatic carbocycles. The molecular weight excluding hydrogens is 158 g/mol. The van der Waals surface area contributed by atoms with E-state index in [1.165, 1.54) is 16.7 Å². The number of aliphatic imine (C=N–C) groups is 1. The van der Waals surface area contributed by atoms with Crippen molar-refractivity contribution in [3.05, 3.63) is 47.6 Å². The minimum Gasteiger partial charge on any atom is -0.288 e. The van der Waals surface area contributed by atoms with Gasteiger partial charge in [-0.1, -0.05) is 30.4 Å². The van der Waals surface area contributed by atoms with E-state index in [4.69, 9.17) is 0 Å². The normalized spacial score (nSPS) is 17.5. The third-order valence-corrected chi connectivity index (χ3v) is 2.07. The number of nitrogens with zero attached hydrogens (tertiary/aromatic N) is 1. The van der Waals surface area contributed by atoms with Crippen LogP contribution in [0.1, 0.15) is 13.8 Å². The standard InChI is InChI=1S/C12H15N/c1-4-10(2)5-6-11(3)12-7-8-13-9-12/h4-8H,1,9H2,2-3H3/b10-5-,11-6+. The van der Waals surface area contributed by atoms with Crippen molar-refractivity contribution in [3.8, 4) is 0 Å². The van der Waals surface area contributed by atoms with Gasteiger partial charge >= 0.3 is 0 Å². The maximum atomic E-state index is 4.13. The molecule has 0 aromatic heterocycles. The predicted octanol–water partition coefficient (Wildman–Crippen LogP) is 3.08. The molecule has 0 saturated heterocycles. The van der Waals surface area contributed by atoms with E-state index >= 15 is 0 Å². The lowest BCUT2D eigenvalue weighted by Gasteiger charge is -1.98. The summed E-state index contributed by atoms with van der Waals surface area (Å²) in [6, 6.07) is 0. The van der Waals surface area contributed by atoms with E-state index in [1.54, 1.807) is 0 Å². The van der Waals surface area contributed by atoms with Gasteiger partial charge in [-0.15, -0.1) is 0 Å². The Morgan fingerprint density at radius 2 is 2.23 bits per heavy atom. The van der Waals surface area contributed by atoms with Crippen LogP contribution in [0, 0.1) is 0 Å². The third kappa shape index (κ3) is 2.86. The highest BCUT2D eigenvalue weighted by Gasteiger charge is 2.00. The molecule has 1 heteroatoms. The summed E-state index contributed by atoms with van der Waals surface area (Å²) in [4.78, 5) is 4.13. The van der Waals surface area contributed by atoms with E-state index < -0.39 is 0 Å². The molecule has 1 rings (SSSR count). The maximum absolute atomic E-state index is 4.13. The summed E-state index contributed by atoms with van der Waals surface area (Å²) in [5, 5.41) is 0. The van der Waals surface area contributed by atoms with E-state index in [0.29, 0.717) is 0 Å². The van der Waals surface area contributed by atoms with E-state index in [-0.39, 0.29) is 0 Å². The van der Waals surface area contributed by atoms with Crippen molar-refractivity contribution in [3.63, 3.8) is 0 Å². The van der Waals surface area contributed by atoms with Crippen LogP contribution in [0.4, 0.5) is 0 Å². The average Bonchev–Trinajstić information content (AvgIpc) is 2.66. The molecule has 0 fully saturated rings. The molecule has 0 bridgehead atoms. The molecule has 1 heterocycles. The summed E-state index contributed by atoms with van der Waals surface area (Å²) in [6.07, 6.45) is 9.95. The monoisotopic (exact) mass is 173 g/mol. The molecule has 0 radical (unpaired) electrons. The molecule has 1 aliphatic rings. The summed E-state index contributed by atoms with van der Waals surface area (Å²) >= 11 is 0. The topological polar surface area (TPSA) is 12.4 Å². The van der Waals surface area contributed by atoms with E-state index in [1.807, 2.05) is 19.2 Å². The highest BCUT2D eigenvalue weighted by Crippen LogP contribution is 2.12. The fourth-order valence-electron chi connectivity index (χ4n) is 1.03. The summed E-state index contributed by atoms with van der Waals surface area (Å²) < 4.78 is 0. The van der Waals surface area contributed by atoms with Crippen molar-refractivity contribution in [2.24, 2.45) is 4.99 Å². The Labute approximate surface area is 79.9 Å². The van der Waals surface area contributed by atoms with Crippen LogP contribution in [-0.2, 0) is 0 Å². The first-order valence-corrected chi connectivity index (χ1v) is 4.41. The number of hydrogen-bond donors (Lipinski definition) is 0. The fraction of sp³-hybridized carbons (Fsp3) is 0.250. The zero-order chi connectivity index (χ0) is 9.68. The second-order valence-electron chi connectivity index (χ2n) is 3.15. The average molecular weight is 173 g/mol. The molecule has 0 spiro atoms. The van der Waals surface area contributed by atoms with Gasteiger partial charge in [0.2, 0.25) is 0 Å². The largest absolute Gasteiger partial charge is 0.288 e. The molecule has 13 heavy (non-hydrogen) atoms. The molecule has 68 valence electrons. The quantitative estimate of drug-likeness (QED) is 0.581. The summed E-state index contributed by atoms with van der Waals surface area (Å²) in [7, 11) is 0. The Hall–Kier alpha value is -1.37. The third-order valence-electron chi connectivity index (χ3n) is 2.07. The van der Waals surface area contributed by atoms with E-state index in [0.717, 1.165) is 6.54 Å². The first-order chi connectivity index (χ1) is 6.24. The van der Waals surface area contributed by atoms with Crippen LogP contribution < -0.4 is 0 Å². The van der Waals surface area contributed by atoms with Crippen LogP contribution in [-0.4, -0.2) is 12.8 Å². The second kappa shape index (κ2) is 4.61. The van der Waals surface area contributed by atoms with Gasteiger partial charge in [0, 0.05) is 6.21 Å². The molecule has 0 saturated carbocycles. The van der Waals surface area contributed by atoms with Crippen molar-refractivity contribution in [2.45, 2.75) is 13.8 Å². The second-order valence-corrected chi connectivity index (χ2v) is 3.15. The fourth-order valence-corrected chi connectivity index (χ4v) is 1.03. The lowest BCUT2D eigenvalue weighted by Crippen LogP contribution is -1.85. The highest BCUT2D eigenvalue weighted by molar-refractivity contribution is 5.77. The van der Waals surface area contributed by atoms with Crippen molar-refractivity contribution < 1.29 is 0 Å². The summed E-state index contributed by atoms with van der Waals surface area (Å²) in [6.45, 7) is 8.66. The van der Waals surface area contributed by atoms with Gasteiger partial charge in [-0.2, -0.15) is 0 Å². The highest BCUT2D eigenvalue weighted by atomic mass is 14.7. The van der Waals surface area contributed by atoms with Crippen molar-refractivity contribution in [1.29, 1.82) is 0 Å². The Kier molecular flexibility index (Phi) is 3.44. The van der Waals surface area contributed by atoms with Crippen LogP contribution in [0.5, 0.6) is 0 Å². The summed E-state index contributed by atoms with van der Waals surface area (Å²) in [5.41, 5.74) is 3.76. The first kappa shape index (κ1) is 9.72. The lowest BCUT2D eigenvalue weighted by molar-refractivity contribution is 1.18. The molecule has 0 aromatic rings. The Balaban J connectivity index is 2.67. The number of rotatable bonds is 3. The van der Waals surface area contributed by atoms with Gasteiger partial charge in [0.25, 0.3) is 0 Å². The molecule has 0 N–H and O–H groups in total. The minimum absolute atomic E-state index is 0.823. The molecule has 0 aromatic carbocycles. The van der Waals surface area contributed by atoms with E-state index in [2.05, 4.69) is 36.7 Å². The van der Waals surface area contributed by atoms with Crippen LogP contribution in [0.2, 0.25) is 0 Å². The van der Waals surface area contributed by atoms with Crippen LogP contribution >= 0.6 is 0 Å². The van der Waals surface area contributed by atoms with Gasteiger partial charge in [0.15, 0.2) is 0 Å². The Bertz CT molecular complexity index is 314. The van der Waals surface area contributed by atoms with Crippen LogP contribution in [0.15, 0.2) is 52.6 Å². The van der Waals surface area contributed by atoms with Gasteiger partial charge in [0.1, 0.15) is 0 Å². The number of hydrogen-bond acceptors (Lipinski definition) is 1. The molecule has 1 aliphatic heterocycles. The molecule has 1 nitrogen and oxygen atoms in total. The van der Waals surface area contributed by atoms with Gasteiger partial charge in [-0.3, -0.25) is 4.99 Å². The van der Waals surface area contributed by atoms with Gasteiger partial charge in [-0.05, 0) is 31.1 Å². The maximum Gasteiger partial charge on any atom is 0.0642 e. The van der Waals surface area contributed by atoms with Crippen LogP contribution in [0.3, 0.4) is 0 Å². The molecule has 0 unspecified atom stereocenters. The van der Waals surface area contributed by atoms with Crippen LogP contribution in [0.25, 0.3) is 0 Å². The Morgan fingerprint density at radius 1 is 1.46 bits per heavy atom. The Morgan fingerprint density at radius 3 is 2.77 bits per heavy atom. The van der Waals surface area contributed by atoms with Gasteiger partial charge < -0.3 is 0 Å². The molecule has 0 amide bonds. The van der Waals surface area contributed by atoms with Crippen molar-refractivity contribution in [2.75, 3.05) is 6.54 Å². The zero-order valence-corrected chi connectivity index (χ0v) is 8.25. The van der Waals surface area contributed by atoms with E-state index in [9.17, 15) is 0 Å². The van der Waals surface area contributed by atoms with Crippen molar-refractivity contribution in [1.82, 2.24) is 0 Å². The minimum atomic E-state index is 0.823. The van der Waals surface area contributed by atoms with Gasteiger partial charge in [-0.25, -0.2) is 0 Å². The van der Waals surface area contributed by atoms with Gasteiger partial charge in [0.05, 0.1) is 6.54 Å². The smallest absolute Gasteiger partial charge is 0.0642 e.